The van der Waals surface area contributed by atoms with E-state index in [1.807, 2.05) is 30.3 Å². The first-order valence-electron chi connectivity index (χ1n) is 15.1. The summed E-state index contributed by atoms with van der Waals surface area (Å²) >= 11 is 0. The molecule has 10 nitrogen and oxygen atoms in total. The van der Waals surface area contributed by atoms with E-state index >= 15 is 4.39 Å². The number of hydrogen-bond donors (Lipinski definition) is 1. The van der Waals surface area contributed by atoms with E-state index in [1.54, 1.807) is 41.0 Å². The third-order valence-electron chi connectivity index (χ3n) is 8.58. The molecule has 0 bridgehead atoms. The zero-order valence-electron chi connectivity index (χ0n) is 24.7. The Morgan fingerprint density at radius 1 is 1.02 bits per heavy atom. The van der Waals surface area contributed by atoms with Crippen LogP contribution < -0.4 is 10.1 Å². The minimum atomic E-state index is -0.730. The summed E-state index contributed by atoms with van der Waals surface area (Å²) in [4.78, 5) is 46.5. The molecule has 2 aliphatic heterocycles. The fraction of sp³-hybridized carbons (Fsp3) is 0.324. The average molecular weight is 610 g/mol. The Balaban J connectivity index is 1.14. The molecule has 230 valence electrons. The average Bonchev–Trinajstić information content (AvgIpc) is 3.52. The highest BCUT2D eigenvalue weighted by Gasteiger charge is 2.40. The smallest absolute Gasteiger partial charge is 0.257 e. The number of likely N-dealkylation sites (tertiary alicyclic amines) is 2. The van der Waals surface area contributed by atoms with Crippen molar-refractivity contribution in [2.24, 2.45) is 0 Å². The Kier molecular flexibility index (Phi) is 7.52. The van der Waals surface area contributed by atoms with Crippen molar-refractivity contribution in [3.05, 3.63) is 95.1 Å². The topological polar surface area (TPSA) is 118 Å². The van der Waals surface area contributed by atoms with E-state index in [1.165, 1.54) is 12.1 Å². The number of aromatic nitrogens is 2. The predicted octanol–water partition coefficient (Wildman–Crippen LogP) is 4.99. The first-order valence-corrected chi connectivity index (χ1v) is 15.1. The van der Waals surface area contributed by atoms with Crippen LogP contribution in [0.25, 0.3) is 11.5 Å². The highest BCUT2D eigenvalue weighted by Crippen LogP contribution is 2.35. The Bertz CT molecular complexity index is 1750. The molecular formula is C34H32FN5O5. The SMILES string of the molecule is Cc1noc(-c2ccc(Oc3cc(C(=O)NC4CC(=O)N(C5CC5)C4)c(F)cc3CN3CC(c4ccccc4)CC3=O)cc2)n1. The zero-order valence-corrected chi connectivity index (χ0v) is 24.7. The van der Waals surface area contributed by atoms with Crippen molar-refractivity contribution >= 4 is 17.7 Å². The van der Waals surface area contributed by atoms with Crippen molar-refractivity contribution < 1.29 is 28.0 Å². The van der Waals surface area contributed by atoms with Crippen LogP contribution in [0.5, 0.6) is 11.5 Å². The van der Waals surface area contributed by atoms with Crippen LogP contribution in [0, 0.1) is 12.7 Å². The monoisotopic (exact) mass is 609 g/mol. The van der Waals surface area contributed by atoms with E-state index < -0.39 is 17.8 Å². The Hall–Kier alpha value is -5.06. The van der Waals surface area contributed by atoms with Gasteiger partial charge in [0.1, 0.15) is 17.3 Å². The van der Waals surface area contributed by atoms with Crippen molar-refractivity contribution in [2.75, 3.05) is 13.1 Å². The lowest BCUT2D eigenvalue weighted by atomic mass is 9.98. The number of nitrogens with one attached hydrogen (secondary N) is 1. The molecule has 0 radical (unpaired) electrons. The lowest BCUT2D eigenvalue weighted by Gasteiger charge is -2.21. The summed E-state index contributed by atoms with van der Waals surface area (Å²) in [7, 11) is 0. The van der Waals surface area contributed by atoms with Gasteiger partial charge < -0.3 is 24.4 Å². The number of aryl methyl sites for hydroxylation is 1. The third-order valence-corrected chi connectivity index (χ3v) is 8.58. The number of hydrogen-bond acceptors (Lipinski definition) is 7. The summed E-state index contributed by atoms with van der Waals surface area (Å²) in [5.41, 5.74) is 2.01. The van der Waals surface area contributed by atoms with Gasteiger partial charge in [0.15, 0.2) is 5.82 Å². The van der Waals surface area contributed by atoms with Gasteiger partial charge in [-0.1, -0.05) is 35.5 Å². The van der Waals surface area contributed by atoms with Gasteiger partial charge in [0.05, 0.1) is 11.6 Å². The molecule has 7 rings (SSSR count). The number of benzene rings is 3. The molecule has 3 amide bonds. The van der Waals surface area contributed by atoms with Gasteiger partial charge >= 0.3 is 0 Å². The van der Waals surface area contributed by atoms with E-state index in [4.69, 9.17) is 9.26 Å². The van der Waals surface area contributed by atoms with Gasteiger partial charge in [-0.05, 0) is 61.7 Å². The normalized spacial score (nSPS) is 19.8. The van der Waals surface area contributed by atoms with Gasteiger partial charge in [-0.25, -0.2) is 4.39 Å². The highest BCUT2D eigenvalue weighted by molar-refractivity contribution is 5.96. The molecule has 1 N–H and O–H groups in total. The fourth-order valence-corrected chi connectivity index (χ4v) is 6.10. The summed E-state index contributed by atoms with van der Waals surface area (Å²) in [6, 6.07) is 19.3. The number of halogens is 1. The summed E-state index contributed by atoms with van der Waals surface area (Å²) in [6.07, 6.45) is 2.50. The number of carbonyl (C=O) groups is 3. The number of rotatable bonds is 9. The Morgan fingerprint density at radius 2 is 1.80 bits per heavy atom. The van der Waals surface area contributed by atoms with Crippen LogP contribution in [0.15, 0.2) is 71.3 Å². The molecule has 0 spiro atoms. The molecule has 3 heterocycles. The number of carbonyl (C=O) groups excluding carboxylic acids is 3. The van der Waals surface area contributed by atoms with Crippen LogP contribution in [-0.4, -0.2) is 62.8 Å². The van der Waals surface area contributed by atoms with Gasteiger partial charge in [0.25, 0.3) is 11.8 Å². The molecular weight excluding hydrogens is 577 g/mol. The van der Waals surface area contributed by atoms with Gasteiger partial charge in [0.2, 0.25) is 11.8 Å². The lowest BCUT2D eigenvalue weighted by molar-refractivity contribution is -0.129. The number of nitrogens with zero attached hydrogens (tertiary/aromatic N) is 4. The molecule has 1 aromatic heterocycles. The van der Waals surface area contributed by atoms with Gasteiger partial charge in [-0.15, -0.1) is 0 Å². The van der Waals surface area contributed by atoms with Crippen molar-refractivity contribution in [1.82, 2.24) is 25.3 Å². The third kappa shape index (κ3) is 6.15. The van der Waals surface area contributed by atoms with Crippen LogP contribution in [0.1, 0.15) is 58.9 Å². The van der Waals surface area contributed by atoms with Crippen LogP contribution >= 0.6 is 0 Å². The molecule has 1 saturated carbocycles. The van der Waals surface area contributed by atoms with Crippen molar-refractivity contribution in [3.63, 3.8) is 0 Å². The summed E-state index contributed by atoms with van der Waals surface area (Å²) in [5, 5.41) is 6.66. The molecule has 45 heavy (non-hydrogen) atoms. The Labute approximate surface area is 259 Å². The minimum Gasteiger partial charge on any atom is -0.457 e. The van der Waals surface area contributed by atoms with Gasteiger partial charge in [-0.3, -0.25) is 14.4 Å². The maximum Gasteiger partial charge on any atom is 0.257 e. The molecule has 1 aliphatic carbocycles. The number of ether oxygens (including phenoxy) is 1. The van der Waals surface area contributed by atoms with Gasteiger partial charge in [0, 0.05) is 55.6 Å². The quantitative estimate of drug-likeness (QED) is 0.284. The van der Waals surface area contributed by atoms with Crippen molar-refractivity contribution in [3.8, 4) is 23.0 Å². The van der Waals surface area contributed by atoms with Crippen molar-refractivity contribution in [1.29, 1.82) is 0 Å². The van der Waals surface area contributed by atoms with E-state index in [0.717, 1.165) is 18.4 Å². The van der Waals surface area contributed by atoms with E-state index in [2.05, 4.69) is 15.5 Å². The summed E-state index contributed by atoms with van der Waals surface area (Å²) in [5.74, 6) is 0.212. The molecule has 3 aromatic carbocycles. The molecule has 4 aromatic rings. The van der Waals surface area contributed by atoms with E-state index in [9.17, 15) is 14.4 Å². The second kappa shape index (κ2) is 11.8. The zero-order chi connectivity index (χ0) is 31.1. The standard InChI is InChI=1S/C34H32FN5O5/c1-20-36-34(45-38-20)22-7-11-27(12-8-22)44-30-16-28(33(43)37-25-15-32(42)40(19-25)26-9-10-26)29(35)13-24(30)18-39-17-23(14-31(39)41)21-5-3-2-4-6-21/h2-8,11-13,16,23,25-26H,9-10,14-15,17-19H2,1H3,(H,37,43). The lowest BCUT2D eigenvalue weighted by Crippen LogP contribution is -2.38. The van der Waals surface area contributed by atoms with Crippen LogP contribution in [0.2, 0.25) is 0 Å². The number of amides is 3. The molecule has 3 fully saturated rings. The van der Waals surface area contributed by atoms with Crippen LogP contribution in [0.3, 0.4) is 0 Å². The van der Waals surface area contributed by atoms with Crippen LogP contribution in [-0.2, 0) is 16.1 Å². The van der Waals surface area contributed by atoms with E-state index in [0.29, 0.717) is 48.1 Å². The first-order chi connectivity index (χ1) is 21.8. The molecule has 11 heteroatoms. The van der Waals surface area contributed by atoms with Gasteiger partial charge in [-0.2, -0.15) is 4.98 Å². The second-order valence-corrected chi connectivity index (χ2v) is 12.0. The predicted molar refractivity (Wildman–Crippen MR) is 161 cm³/mol. The fourth-order valence-electron chi connectivity index (χ4n) is 6.10. The molecule has 2 saturated heterocycles. The Morgan fingerprint density at radius 3 is 2.51 bits per heavy atom. The molecule has 3 aliphatic rings. The highest BCUT2D eigenvalue weighted by atomic mass is 19.1. The molecule has 2 unspecified atom stereocenters. The maximum absolute atomic E-state index is 15.6. The van der Waals surface area contributed by atoms with Crippen LogP contribution in [0.4, 0.5) is 4.39 Å². The van der Waals surface area contributed by atoms with Crippen molar-refractivity contribution in [2.45, 2.75) is 57.2 Å². The summed E-state index contributed by atoms with van der Waals surface area (Å²) in [6.45, 7) is 2.75. The largest absolute Gasteiger partial charge is 0.457 e. The maximum atomic E-state index is 15.6. The second-order valence-electron chi connectivity index (χ2n) is 12.0. The molecule has 2 atom stereocenters. The minimum absolute atomic E-state index is 0.00543. The van der Waals surface area contributed by atoms with E-state index in [-0.39, 0.29) is 48.1 Å². The summed E-state index contributed by atoms with van der Waals surface area (Å²) < 4.78 is 27.1. The first kappa shape index (κ1) is 28.7.